The van der Waals surface area contributed by atoms with Gasteiger partial charge >= 0.3 is 0 Å². The predicted molar refractivity (Wildman–Crippen MR) is 112 cm³/mol. The lowest BCUT2D eigenvalue weighted by Gasteiger charge is -2.29. The summed E-state index contributed by atoms with van der Waals surface area (Å²) in [5, 5.41) is 2.20. The van der Waals surface area contributed by atoms with Crippen molar-refractivity contribution in [3.63, 3.8) is 0 Å². The van der Waals surface area contributed by atoms with Crippen LogP contribution in [-0.2, 0) is 16.4 Å². The molecule has 0 saturated carbocycles. The summed E-state index contributed by atoms with van der Waals surface area (Å²) in [4.78, 5) is 15.1. The van der Waals surface area contributed by atoms with Gasteiger partial charge in [-0.15, -0.1) is 0 Å². The van der Waals surface area contributed by atoms with E-state index in [1.807, 2.05) is 73.7 Å². The first-order valence-corrected chi connectivity index (χ1v) is 11.3. The summed E-state index contributed by atoms with van der Waals surface area (Å²) in [5.74, 6) is 0.0651. The van der Waals surface area contributed by atoms with Crippen molar-refractivity contribution in [2.45, 2.75) is 25.9 Å². The van der Waals surface area contributed by atoms with Crippen LogP contribution in [0.2, 0.25) is 0 Å². The second-order valence-electron chi connectivity index (χ2n) is 7.49. The molecule has 1 amide bonds. The van der Waals surface area contributed by atoms with Crippen LogP contribution in [-0.4, -0.2) is 36.8 Å². The maximum absolute atomic E-state index is 13.3. The highest BCUT2D eigenvalue weighted by Crippen LogP contribution is 2.26. The van der Waals surface area contributed by atoms with Gasteiger partial charge in [-0.25, -0.2) is 8.42 Å². The van der Waals surface area contributed by atoms with Crippen LogP contribution in [0.1, 0.15) is 27.9 Å². The molecular formula is C23H23NO3S. The van der Waals surface area contributed by atoms with Gasteiger partial charge in [-0.2, -0.15) is 0 Å². The third-order valence-corrected chi connectivity index (χ3v) is 7.18. The van der Waals surface area contributed by atoms with E-state index >= 15 is 0 Å². The van der Waals surface area contributed by atoms with E-state index in [9.17, 15) is 13.2 Å². The van der Waals surface area contributed by atoms with Crippen LogP contribution in [0.4, 0.5) is 0 Å². The molecule has 1 aliphatic rings. The van der Waals surface area contributed by atoms with Crippen LogP contribution >= 0.6 is 0 Å². The van der Waals surface area contributed by atoms with Crippen LogP contribution in [0, 0.1) is 6.92 Å². The molecule has 0 radical (unpaired) electrons. The van der Waals surface area contributed by atoms with E-state index in [4.69, 9.17) is 0 Å². The van der Waals surface area contributed by atoms with E-state index in [0.29, 0.717) is 18.5 Å². The van der Waals surface area contributed by atoms with Gasteiger partial charge < -0.3 is 4.90 Å². The molecule has 5 heteroatoms. The Balaban J connectivity index is 1.72. The molecular weight excluding hydrogens is 370 g/mol. The number of benzene rings is 3. The van der Waals surface area contributed by atoms with Crippen LogP contribution in [0.25, 0.3) is 10.8 Å². The van der Waals surface area contributed by atoms with Crippen molar-refractivity contribution in [3.05, 3.63) is 83.4 Å². The van der Waals surface area contributed by atoms with Gasteiger partial charge in [0.15, 0.2) is 9.84 Å². The fraction of sp³-hybridized carbons (Fsp3) is 0.261. The summed E-state index contributed by atoms with van der Waals surface area (Å²) < 4.78 is 24.2. The van der Waals surface area contributed by atoms with E-state index in [2.05, 4.69) is 0 Å². The number of fused-ring (bicyclic) bond motifs is 1. The van der Waals surface area contributed by atoms with E-state index in [0.717, 1.165) is 21.9 Å². The zero-order valence-corrected chi connectivity index (χ0v) is 16.7. The van der Waals surface area contributed by atoms with Crippen molar-refractivity contribution >= 4 is 26.5 Å². The van der Waals surface area contributed by atoms with Crippen molar-refractivity contribution < 1.29 is 13.2 Å². The van der Waals surface area contributed by atoms with Gasteiger partial charge in [-0.3, -0.25) is 4.79 Å². The maximum atomic E-state index is 13.3. The fourth-order valence-corrected chi connectivity index (χ4v) is 5.59. The molecule has 28 heavy (non-hydrogen) atoms. The molecule has 3 aromatic rings. The molecule has 0 N–H and O–H groups in total. The van der Waals surface area contributed by atoms with Crippen molar-refractivity contribution in [1.29, 1.82) is 0 Å². The maximum Gasteiger partial charge on any atom is 0.254 e. The number of amides is 1. The van der Waals surface area contributed by atoms with Crippen LogP contribution in [0.3, 0.4) is 0 Å². The number of sulfone groups is 1. The number of carbonyl (C=O) groups excluding carboxylic acids is 1. The lowest BCUT2D eigenvalue weighted by Crippen LogP contribution is -2.40. The molecule has 1 heterocycles. The van der Waals surface area contributed by atoms with Gasteiger partial charge in [0.2, 0.25) is 0 Å². The Kier molecular flexibility index (Phi) is 4.94. The minimum Gasteiger partial charge on any atom is -0.330 e. The first kappa shape index (κ1) is 18.7. The first-order chi connectivity index (χ1) is 13.4. The fourth-order valence-electron chi connectivity index (χ4n) is 3.86. The number of aryl methyl sites for hydroxylation is 1. The van der Waals surface area contributed by atoms with Crippen LogP contribution in [0.5, 0.6) is 0 Å². The molecule has 0 spiro atoms. The van der Waals surface area contributed by atoms with E-state index < -0.39 is 9.84 Å². The van der Waals surface area contributed by atoms with Gasteiger partial charge in [0.1, 0.15) is 0 Å². The Bertz CT molecular complexity index is 1110. The largest absolute Gasteiger partial charge is 0.330 e. The van der Waals surface area contributed by atoms with Gasteiger partial charge in [-0.05, 0) is 41.8 Å². The van der Waals surface area contributed by atoms with Gasteiger partial charge in [0, 0.05) is 18.2 Å². The van der Waals surface area contributed by atoms with Crippen molar-refractivity contribution in [3.8, 4) is 0 Å². The average molecular weight is 394 g/mol. The molecule has 1 atom stereocenters. The van der Waals surface area contributed by atoms with Gasteiger partial charge in [0.25, 0.3) is 5.91 Å². The zero-order chi connectivity index (χ0) is 19.7. The molecule has 0 bridgehead atoms. The van der Waals surface area contributed by atoms with Gasteiger partial charge in [-0.1, -0.05) is 60.2 Å². The molecule has 144 valence electrons. The molecule has 0 aliphatic carbocycles. The summed E-state index contributed by atoms with van der Waals surface area (Å²) in [5.41, 5.74) is 2.71. The third-order valence-electron chi connectivity index (χ3n) is 5.43. The lowest BCUT2D eigenvalue weighted by molar-refractivity contribution is 0.0682. The number of nitrogens with zero attached hydrogens (tertiary/aromatic N) is 1. The molecule has 1 saturated heterocycles. The Morgan fingerprint density at radius 1 is 1.00 bits per heavy atom. The van der Waals surface area contributed by atoms with Crippen molar-refractivity contribution in [1.82, 2.24) is 4.90 Å². The molecule has 3 aromatic carbocycles. The molecule has 1 fully saturated rings. The second kappa shape index (κ2) is 7.40. The number of carbonyl (C=O) groups is 1. The summed E-state index contributed by atoms with van der Waals surface area (Å²) in [6.07, 6.45) is 0.491. The summed E-state index contributed by atoms with van der Waals surface area (Å²) in [7, 11) is -3.09. The van der Waals surface area contributed by atoms with E-state index in [-0.39, 0.29) is 23.5 Å². The standard InChI is InChI=1S/C23H23NO3S/c1-17-9-11-19(12-10-17)23(25)24(21-13-14-28(26,27)16-21)15-20-7-4-6-18-5-2-3-8-22(18)20/h2-12,21H,13-16H2,1H3/t21-/m1/s1. The van der Waals surface area contributed by atoms with Crippen molar-refractivity contribution in [2.24, 2.45) is 0 Å². The predicted octanol–water partition coefficient (Wildman–Crippen LogP) is 3.98. The third kappa shape index (κ3) is 3.80. The Labute approximate surface area is 165 Å². The molecule has 1 aliphatic heterocycles. The summed E-state index contributed by atoms with van der Waals surface area (Å²) >= 11 is 0. The average Bonchev–Trinajstić information content (AvgIpc) is 3.05. The quantitative estimate of drug-likeness (QED) is 0.674. The number of hydrogen-bond acceptors (Lipinski definition) is 3. The highest BCUT2D eigenvalue weighted by molar-refractivity contribution is 7.91. The zero-order valence-electron chi connectivity index (χ0n) is 15.8. The highest BCUT2D eigenvalue weighted by Gasteiger charge is 2.35. The smallest absolute Gasteiger partial charge is 0.254 e. The Morgan fingerprint density at radius 3 is 2.43 bits per heavy atom. The second-order valence-corrected chi connectivity index (χ2v) is 9.72. The molecule has 4 rings (SSSR count). The Morgan fingerprint density at radius 2 is 1.71 bits per heavy atom. The van der Waals surface area contributed by atoms with E-state index in [1.54, 1.807) is 4.90 Å². The lowest BCUT2D eigenvalue weighted by atomic mass is 10.0. The van der Waals surface area contributed by atoms with Gasteiger partial charge in [0.05, 0.1) is 11.5 Å². The summed E-state index contributed by atoms with van der Waals surface area (Å²) in [6, 6.07) is 21.3. The number of hydrogen-bond donors (Lipinski definition) is 0. The van der Waals surface area contributed by atoms with Crippen LogP contribution in [0.15, 0.2) is 66.7 Å². The highest BCUT2D eigenvalue weighted by atomic mass is 32.2. The number of rotatable bonds is 4. The normalized spacial score (nSPS) is 18.2. The summed E-state index contributed by atoms with van der Waals surface area (Å²) in [6.45, 7) is 2.37. The SMILES string of the molecule is Cc1ccc(C(=O)N(Cc2cccc3ccccc23)[C@@H]2CCS(=O)(=O)C2)cc1. The minimum absolute atomic E-state index is 0.0371. The molecule has 4 nitrogen and oxygen atoms in total. The monoisotopic (exact) mass is 393 g/mol. The molecule has 0 unspecified atom stereocenters. The van der Waals surface area contributed by atoms with Crippen LogP contribution < -0.4 is 0 Å². The van der Waals surface area contributed by atoms with E-state index in [1.165, 1.54) is 0 Å². The first-order valence-electron chi connectivity index (χ1n) is 9.48. The topological polar surface area (TPSA) is 54.5 Å². The minimum atomic E-state index is -3.09. The Hall–Kier alpha value is -2.66. The van der Waals surface area contributed by atoms with Crippen molar-refractivity contribution in [2.75, 3.05) is 11.5 Å². The molecule has 0 aromatic heterocycles.